The number of hydrogen-bond donors (Lipinski definition) is 1. The Morgan fingerprint density at radius 2 is 1.74 bits per heavy atom. The highest BCUT2D eigenvalue weighted by Crippen LogP contribution is 2.35. The van der Waals surface area contributed by atoms with E-state index in [2.05, 4.69) is 19.8 Å². The minimum absolute atomic E-state index is 0.826. The molecule has 2 aliphatic heterocycles. The lowest BCUT2D eigenvalue weighted by Crippen LogP contribution is -2.40. The highest BCUT2D eigenvalue weighted by molar-refractivity contribution is 5.73. The zero-order chi connectivity index (χ0) is 19.6. The summed E-state index contributed by atoms with van der Waals surface area (Å²) in [5, 5.41) is 7.12. The summed E-state index contributed by atoms with van der Waals surface area (Å²) in [6.45, 7) is 8.30. The second kappa shape index (κ2) is 8.00. The summed E-state index contributed by atoms with van der Waals surface area (Å²) < 4.78 is 31.7. The Labute approximate surface area is 156 Å². The first-order valence-corrected chi connectivity index (χ1v) is 9.28. The molecule has 0 radical (unpaired) electrons. The van der Waals surface area contributed by atoms with Crippen molar-refractivity contribution in [2.45, 2.75) is 32.4 Å². The average Bonchev–Trinajstić information content (AvgIpc) is 3.31. The van der Waals surface area contributed by atoms with Crippen molar-refractivity contribution in [2.75, 3.05) is 37.6 Å². The topological polar surface area (TPSA) is 69.6 Å². The van der Waals surface area contributed by atoms with Gasteiger partial charge in [-0.25, -0.2) is 14.8 Å². The summed E-state index contributed by atoms with van der Waals surface area (Å²) in [7, 11) is 0. The Bertz CT molecular complexity index is 649. The number of rotatable bonds is 3. The molecule has 3 aliphatic rings. The number of anilines is 1. The van der Waals surface area contributed by atoms with Gasteiger partial charge in [-0.05, 0) is 56.0 Å². The van der Waals surface area contributed by atoms with Crippen LogP contribution in [0.15, 0.2) is 12.4 Å². The van der Waals surface area contributed by atoms with Gasteiger partial charge in [-0.2, -0.15) is 13.2 Å². The molecule has 1 aromatic heterocycles. The van der Waals surface area contributed by atoms with E-state index < -0.39 is 12.1 Å². The average molecular weight is 386 g/mol. The highest BCUT2D eigenvalue weighted by Gasteiger charge is 2.39. The predicted octanol–water partition coefficient (Wildman–Crippen LogP) is 2.59. The monoisotopic (exact) mass is 386 g/mol. The van der Waals surface area contributed by atoms with Crippen molar-refractivity contribution < 1.29 is 23.1 Å². The third-order valence-corrected chi connectivity index (χ3v) is 5.39. The van der Waals surface area contributed by atoms with E-state index in [9.17, 15) is 13.2 Å². The molecule has 0 bridgehead atoms. The van der Waals surface area contributed by atoms with E-state index in [0.717, 1.165) is 42.4 Å². The quantitative estimate of drug-likeness (QED) is 0.861. The van der Waals surface area contributed by atoms with E-state index in [1.165, 1.54) is 38.9 Å². The Kier molecular flexibility index (Phi) is 5.88. The fourth-order valence-corrected chi connectivity index (χ4v) is 3.79. The first-order valence-electron chi connectivity index (χ1n) is 9.28. The number of nitrogens with zero attached hydrogens (tertiary/aromatic N) is 4. The Morgan fingerprint density at radius 3 is 2.30 bits per heavy atom. The van der Waals surface area contributed by atoms with E-state index >= 15 is 0 Å². The molecule has 2 saturated heterocycles. The minimum atomic E-state index is -5.08. The third-order valence-electron chi connectivity index (χ3n) is 5.39. The standard InChI is InChI=1S/C16H24N4.C2HF3O2/c1-12-6-17-16(18-7-12)20-10-14-4-5-19(8-13-2-3-13)9-15(14)11-20;3-2(4,5)1(6)7/h6-7,13-15H,2-5,8-11H2,1H3;(H,6,7)/t14-,15-;/m1./s1. The number of aromatic nitrogens is 2. The zero-order valence-electron chi connectivity index (χ0n) is 15.3. The number of carboxylic acids is 1. The van der Waals surface area contributed by atoms with Gasteiger partial charge < -0.3 is 14.9 Å². The number of aliphatic carboxylic acids is 1. The number of hydrogen-bond acceptors (Lipinski definition) is 5. The normalized spacial score (nSPS) is 25.6. The van der Waals surface area contributed by atoms with E-state index in [0.29, 0.717) is 0 Å². The molecule has 0 amide bonds. The third kappa shape index (κ3) is 5.54. The molecule has 1 N–H and O–H groups in total. The first-order chi connectivity index (χ1) is 12.7. The van der Waals surface area contributed by atoms with Gasteiger partial charge in [0.2, 0.25) is 5.95 Å². The molecule has 0 aromatic carbocycles. The summed E-state index contributed by atoms with van der Waals surface area (Å²) in [6.07, 6.45) is 3.08. The van der Waals surface area contributed by atoms with E-state index in [-0.39, 0.29) is 0 Å². The number of alkyl halides is 3. The van der Waals surface area contributed by atoms with E-state index in [4.69, 9.17) is 9.90 Å². The molecule has 6 nitrogen and oxygen atoms in total. The van der Waals surface area contributed by atoms with Gasteiger partial charge in [-0.1, -0.05) is 0 Å². The molecule has 4 rings (SSSR count). The Balaban J connectivity index is 0.000000260. The van der Waals surface area contributed by atoms with Crippen molar-refractivity contribution in [2.24, 2.45) is 17.8 Å². The molecular formula is C18H25F3N4O2. The number of fused-ring (bicyclic) bond motifs is 1. The molecule has 1 aromatic rings. The van der Waals surface area contributed by atoms with Crippen LogP contribution in [-0.4, -0.2) is 64.8 Å². The largest absolute Gasteiger partial charge is 0.490 e. The molecule has 150 valence electrons. The number of aryl methyl sites for hydroxylation is 1. The summed E-state index contributed by atoms with van der Waals surface area (Å²) in [4.78, 5) is 23.0. The maximum absolute atomic E-state index is 10.6. The zero-order valence-corrected chi connectivity index (χ0v) is 15.3. The lowest BCUT2D eigenvalue weighted by atomic mass is 9.88. The summed E-state index contributed by atoms with van der Waals surface area (Å²) in [5.74, 6) is 0.874. The van der Waals surface area contributed by atoms with Crippen LogP contribution in [0.2, 0.25) is 0 Å². The van der Waals surface area contributed by atoms with Gasteiger partial charge in [0.15, 0.2) is 0 Å². The van der Waals surface area contributed by atoms with Gasteiger partial charge in [0.05, 0.1) is 0 Å². The fraction of sp³-hybridized carbons (Fsp3) is 0.722. The summed E-state index contributed by atoms with van der Waals surface area (Å²) in [6, 6.07) is 0. The van der Waals surface area contributed by atoms with Gasteiger partial charge in [0, 0.05) is 38.6 Å². The smallest absolute Gasteiger partial charge is 0.475 e. The molecule has 0 unspecified atom stereocenters. The van der Waals surface area contributed by atoms with Gasteiger partial charge in [0.1, 0.15) is 0 Å². The van der Waals surface area contributed by atoms with E-state index in [1.54, 1.807) is 0 Å². The molecule has 9 heteroatoms. The highest BCUT2D eigenvalue weighted by atomic mass is 19.4. The second-order valence-corrected chi connectivity index (χ2v) is 7.78. The van der Waals surface area contributed by atoms with Crippen LogP contribution in [0.1, 0.15) is 24.8 Å². The maximum Gasteiger partial charge on any atom is 0.490 e. The summed E-state index contributed by atoms with van der Waals surface area (Å²) >= 11 is 0. The van der Waals surface area contributed by atoms with Crippen LogP contribution in [0, 0.1) is 24.7 Å². The number of carbonyl (C=O) groups is 1. The molecule has 0 spiro atoms. The number of halogens is 3. The predicted molar refractivity (Wildman–Crippen MR) is 93.4 cm³/mol. The first kappa shape index (κ1) is 19.9. The van der Waals surface area contributed by atoms with Gasteiger partial charge >= 0.3 is 12.1 Å². The van der Waals surface area contributed by atoms with Crippen molar-refractivity contribution in [1.29, 1.82) is 0 Å². The number of piperidine rings is 1. The molecule has 3 fully saturated rings. The van der Waals surface area contributed by atoms with Crippen LogP contribution in [0.3, 0.4) is 0 Å². The molecule has 3 heterocycles. The SMILES string of the molecule is Cc1cnc(N2C[C@H]3CCN(CC4CC4)C[C@@H]3C2)nc1.O=C(O)C(F)(F)F. The van der Waals surface area contributed by atoms with Gasteiger partial charge in [-0.3, -0.25) is 0 Å². The lowest BCUT2D eigenvalue weighted by molar-refractivity contribution is -0.192. The molecule has 2 atom stereocenters. The van der Waals surface area contributed by atoms with Crippen molar-refractivity contribution in [3.05, 3.63) is 18.0 Å². The van der Waals surface area contributed by atoms with Gasteiger partial charge in [-0.15, -0.1) is 0 Å². The molecule has 1 saturated carbocycles. The molecule has 27 heavy (non-hydrogen) atoms. The second-order valence-electron chi connectivity index (χ2n) is 7.78. The van der Waals surface area contributed by atoms with Crippen LogP contribution in [0.4, 0.5) is 19.1 Å². The van der Waals surface area contributed by atoms with Crippen LogP contribution in [0.5, 0.6) is 0 Å². The Morgan fingerprint density at radius 1 is 1.15 bits per heavy atom. The lowest BCUT2D eigenvalue weighted by Gasteiger charge is -2.34. The molecular weight excluding hydrogens is 361 g/mol. The van der Waals surface area contributed by atoms with Gasteiger partial charge in [0.25, 0.3) is 0 Å². The van der Waals surface area contributed by atoms with E-state index in [1.807, 2.05) is 19.3 Å². The Hall–Kier alpha value is -1.90. The van der Waals surface area contributed by atoms with Crippen LogP contribution < -0.4 is 4.90 Å². The van der Waals surface area contributed by atoms with Crippen LogP contribution in [0.25, 0.3) is 0 Å². The number of likely N-dealkylation sites (tertiary alicyclic amines) is 1. The van der Waals surface area contributed by atoms with Crippen LogP contribution >= 0.6 is 0 Å². The molecule has 1 aliphatic carbocycles. The summed E-state index contributed by atoms with van der Waals surface area (Å²) in [5.41, 5.74) is 1.14. The van der Waals surface area contributed by atoms with Crippen molar-refractivity contribution in [3.8, 4) is 0 Å². The van der Waals surface area contributed by atoms with Crippen molar-refractivity contribution >= 4 is 11.9 Å². The van der Waals surface area contributed by atoms with Crippen molar-refractivity contribution in [3.63, 3.8) is 0 Å². The number of carboxylic acid groups (broad SMARTS) is 1. The van der Waals surface area contributed by atoms with Crippen molar-refractivity contribution in [1.82, 2.24) is 14.9 Å². The minimum Gasteiger partial charge on any atom is -0.475 e. The maximum atomic E-state index is 10.6. The van der Waals surface area contributed by atoms with Crippen LogP contribution in [-0.2, 0) is 4.79 Å². The fourth-order valence-electron chi connectivity index (χ4n) is 3.79.